The number of amides is 1. The summed E-state index contributed by atoms with van der Waals surface area (Å²) < 4.78 is 14.2. The summed E-state index contributed by atoms with van der Waals surface area (Å²) in [7, 11) is 0. The Balaban J connectivity index is 1.20. The number of aromatic amines is 2. The molecule has 0 saturated carbocycles. The fourth-order valence-corrected chi connectivity index (χ4v) is 5.59. The normalized spacial score (nSPS) is 14.0. The van der Waals surface area contributed by atoms with Crippen molar-refractivity contribution in [3.63, 3.8) is 0 Å². The molecule has 4 N–H and O–H groups in total. The number of nitrogens with one attached hydrogen (secondary N) is 4. The van der Waals surface area contributed by atoms with E-state index in [2.05, 4.69) is 40.8 Å². The van der Waals surface area contributed by atoms with Crippen LogP contribution in [0.2, 0.25) is 0 Å². The van der Waals surface area contributed by atoms with Gasteiger partial charge in [0.2, 0.25) is 5.91 Å². The molecule has 0 bridgehead atoms. The molecule has 0 spiro atoms. The smallest absolute Gasteiger partial charge is 0.224 e. The van der Waals surface area contributed by atoms with Gasteiger partial charge in [0.1, 0.15) is 11.3 Å². The minimum absolute atomic E-state index is 0.00681. The first-order chi connectivity index (χ1) is 20.5. The summed E-state index contributed by atoms with van der Waals surface area (Å²) in [6.07, 6.45) is 7.54. The third kappa shape index (κ3) is 5.10. The van der Waals surface area contributed by atoms with E-state index in [0.29, 0.717) is 51.9 Å². The number of halogens is 1. The SMILES string of the molecule is Cc1cc(F)cc(-c2ccnc3nc(-c4n[nH]c5ccc(-c6cncc(NC(=O)CC7CCNCC7)c6)nc45)[nH]c23)c1. The molecule has 0 radical (unpaired) electrons. The van der Waals surface area contributed by atoms with E-state index in [9.17, 15) is 9.18 Å². The van der Waals surface area contributed by atoms with Crippen LogP contribution in [-0.2, 0) is 4.79 Å². The Kier molecular flexibility index (Phi) is 6.63. The number of hydrogen-bond donors (Lipinski definition) is 4. The second kappa shape index (κ2) is 10.7. The van der Waals surface area contributed by atoms with E-state index in [1.54, 1.807) is 18.6 Å². The molecule has 1 amide bonds. The van der Waals surface area contributed by atoms with Crippen LogP contribution < -0.4 is 10.6 Å². The van der Waals surface area contributed by atoms with E-state index in [-0.39, 0.29) is 11.7 Å². The molecule has 1 aliphatic heterocycles. The largest absolute Gasteiger partial charge is 0.335 e. The Morgan fingerprint density at radius 1 is 1.05 bits per heavy atom. The molecule has 1 saturated heterocycles. The third-order valence-electron chi connectivity index (χ3n) is 7.63. The minimum Gasteiger partial charge on any atom is -0.335 e. The molecule has 0 aliphatic carbocycles. The van der Waals surface area contributed by atoms with E-state index in [1.807, 2.05) is 37.3 Å². The molecule has 10 nitrogen and oxygen atoms in total. The molecule has 1 aliphatic rings. The standard InChI is InChI=1S/C31H28FN9O/c1-17-10-19(13-21(32)11-17)23-6-9-35-30-27(23)38-31(39-30)29-28-25(40-41-29)3-2-24(37-28)20-14-22(16-34-15-20)36-26(42)12-18-4-7-33-8-5-18/h2-3,6,9-11,13-16,18,33H,4-5,7-8,12H2,1H3,(H,36,42)(H,40,41)(H,35,38,39). The number of piperidine rings is 1. The molecule has 42 heavy (non-hydrogen) atoms. The van der Waals surface area contributed by atoms with Gasteiger partial charge in [0, 0.05) is 29.9 Å². The number of nitrogens with zero attached hydrogens (tertiary/aromatic N) is 5. The van der Waals surface area contributed by atoms with E-state index in [4.69, 9.17) is 4.98 Å². The van der Waals surface area contributed by atoms with Crippen LogP contribution in [0.25, 0.3) is 56.1 Å². The number of pyridine rings is 3. The minimum atomic E-state index is -0.301. The van der Waals surface area contributed by atoms with Crippen molar-refractivity contribution in [1.29, 1.82) is 0 Å². The second-order valence-corrected chi connectivity index (χ2v) is 10.7. The maximum Gasteiger partial charge on any atom is 0.224 e. The van der Waals surface area contributed by atoms with Crippen molar-refractivity contribution in [2.45, 2.75) is 26.2 Å². The fourth-order valence-electron chi connectivity index (χ4n) is 5.59. The predicted molar refractivity (Wildman–Crippen MR) is 159 cm³/mol. The highest BCUT2D eigenvalue weighted by atomic mass is 19.1. The maximum atomic E-state index is 14.2. The van der Waals surface area contributed by atoms with Crippen molar-refractivity contribution in [2.24, 2.45) is 5.92 Å². The number of hydrogen-bond acceptors (Lipinski definition) is 7. The summed E-state index contributed by atoms with van der Waals surface area (Å²) in [6, 6.07) is 12.4. The van der Waals surface area contributed by atoms with Gasteiger partial charge >= 0.3 is 0 Å². The number of anilines is 1. The predicted octanol–water partition coefficient (Wildman–Crippen LogP) is 5.40. The van der Waals surface area contributed by atoms with Gasteiger partial charge in [0.05, 0.1) is 28.6 Å². The lowest BCUT2D eigenvalue weighted by atomic mass is 9.94. The van der Waals surface area contributed by atoms with Crippen molar-refractivity contribution in [1.82, 2.24) is 40.4 Å². The van der Waals surface area contributed by atoms with Crippen molar-refractivity contribution >= 4 is 33.8 Å². The number of carbonyl (C=O) groups excluding carboxylic acids is 1. The molecule has 6 aromatic rings. The van der Waals surface area contributed by atoms with E-state index in [1.165, 1.54) is 12.1 Å². The van der Waals surface area contributed by atoms with Gasteiger partial charge in [-0.25, -0.2) is 19.3 Å². The van der Waals surface area contributed by atoms with Crippen LogP contribution in [0.15, 0.2) is 61.1 Å². The van der Waals surface area contributed by atoms with Crippen molar-refractivity contribution in [3.8, 4) is 33.9 Å². The number of rotatable bonds is 6. The highest BCUT2D eigenvalue weighted by molar-refractivity contribution is 5.95. The highest BCUT2D eigenvalue weighted by Gasteiger charge is 2.19. The summed E-state index contributed by atoms with van der Waals surface area (Å²) >= 11 is 0. The Morgan fingerprint density at radius 3 is 2.79 bits per heavy atom. The van der Waals surface area contributed by atoms with Crippen LogP contribution >= 0.6 is 0 Å². The number of H-pyrrole nitrogens is 2. The summed E-state index contributed by atoms with van der Waals surface area (Å²) in [5.41, 5.74) is 7.49. The molecule has 0 atom stereocenters. The third-order valence-corrected chi connectivity index (χ3v) is 7.63. The topological polar surface area (TPSA) is 137 Å². The zero-order valence-electron chi connectivity index (χ0n) is 22.9. The molecule has 7 rings (SSSR count). The van der Waals surface area contributed by atoms with Crippen molar-refractivity contribution < 1.29 is 9.18 Å². The van der Waals surface area contributed by atoms with Gasteiger partial charge in [-0.3, -0.25) is 14.9 Å². The van der Waals surface area contributed by atoms with Crippen LogP contribution in [0, 0.1) is 18.7 Å². The van der Waals surface area contributed by atoms with E-state index < -0.39 is 0 Å². The zero-order chi connectivity index (χ0) is 28.6. The highest BCUT2D eigenvalue weighted by Crippen LogP contribution is 2.32. The van der Waals surface area contributed by atoms with E-state index >= 15 is 0 Å². The first-order valence-electron chi connectivity index (χ1n) is 13.9. The maximum absolute atomic E-state index is 14.2. The molecular formula is C31H28FN9O. The average molecular weight is 562 g/mol. The molecule has 11 heteroatoms. The van der Waals surface area contributed by atoms with Gasteiger partial charge in [-0.15, -0.1) is 0 Å². The van der Waals surface area contributed by atoms with Gasteiger partial charge in [-0.1, -0.05) is 6.07 Å². The van der Waals surface area contributed by atoms with Gasteiger partial charge in [-0.05, 0) is 86.3 Å². The quantitative estimate of drug-likeness (QED) is 0.214. The van der Waals surface area contributed by atoms with Crippen LogP contribution in [0.4, 0.5) is 10.1 Å². The zero-order valence-corrected chi connectivity index (χ0v) is 22.9. The summed E-state index contributed by atoms with van der Waals surface area (Å²) in [5.74, 6) is 0.580. The van der Waals surface area contributed by atoms with Crippen LogP contribution in [-0.4, -0.2) is 54.1 Å². The van der Waals surface area contributed by atoms with Crippen LogP contribution in [0.5, 0.6) is 0 Å². The summed E-state index contributed by atoms with van der Waals surface area (Å²) in [5, 5.41) is 13.8. The monoisotopic (exact) mass is 561 g/mol. The second-order valence-electron chi connectivity index (χ2n) is 10.7. The number of aryl methyl sites for hydroxylation is 1. The number of benzene rings is 1. The average Bonchev–Trinajstić information content (AvgIpc) is 3.61. The lowest BCUT2D eigenvalue weighted by Gasteiger charge is -2.21. The summed E-state index contributed by atoms with van der Waals surface area (Å²) in [6.45, 7) is 3.77. The Morgan fingerprint density at radius 2 is 1.93 bits per heavy atom. The van der Waals surface area contributed by atoms with E-state index in [0.717, 1.165) is 53.7 Å². The number of fused-ring (bicyclic) bond motifs is 2. The van der Waals surface area contributed by atoms with Crippen molar-refractivity contribution in [3.05, 3.63) is 72.4 Å². The Labute approximate surface area is 240 Å². The lowest BCUT2D eigenvalue weighted by molar-refractivity contribution is -0.117. The fraction of sp³-hybridized carbons (Fsp3) is 0.226. The molecule has 1 fully saturated rings. The molecule has 6 heterocycles. The Bertz CT molecular complexity index is 1920. The van der Waals surface area contributed by atoms with Gasteiger partial charge in [0.15, 0.2) is 17.2 Å². The molecule has 5 aromatic heterocycles. The first kappa shape index (κ1) is 25.9. The van der Waals surface area contributed by atoms with Gasteiger partial charge < -0.3 is 15.6 Å². The van der Waals surface area contributed by atoms with Gasteiger partial charge in [-0.2, -0.15) is 5.10 Å². The van der Waals surface area contributed by atoms with Crippen LogP contribution in [0.1, 0.15) is 24.8 Å². The molecular weight excluding hydrogens is 533 g/mol. The lowest BCUT2D eigenvalue weighted by Crippen LogP contribution is -2.30. The number of aromatic nitrogens is 7. The van der Waals surface area contributed by atoms with Crippen molar-refractivity contribution in [2.75, 3.05) is 18.4 Å². The Hall–Kier alpha value is -5.03. The van der Waals surface area contributed by atoms with Gasteiger partial charge in [0.25, 0.3) is 0 Å². The number of imidazole rings is 1. The summed E-state index contributed by atoms with van der Waals surface area (Å²) in [4.78, 5) is 34.3. The van der Waals surface area contributed by atoms with Crippen LogP contribution in [0.3, 0.4) is 0 Å². The molecule has 1 aromatic carbocycles. The first-order valence-corrected chi connectivity index (χ1v) is 13.9. The molecule has 0 unspecified atom stereocenters. The molecule has 210 valence electrons. The number of carbonyl (C=O) groups is 1.